The molecule has 5 amide bonds. The molecule has 0 fully saturated rings. The number of carboxylic acids is 1. The predicted molar refractivity (Wildman–Crippen MR) is 163 cm³/mol. The number of imidazole rings is 1. The fourth-order valence-electron chi connectivity index (χ4n) is 3.95. The minimum absolute atomic E-state index is 0.0493. The highest BCUT2D eigenvalue weighted by atomic mass is 32.2. The molecule has 1 rings (SSSR count). The lowest BCUT2D eigenvalue weighted by Crippen LogP contribution is -2.59. The van der Waals surface area contributed by atoms with Gasteiger partial charge in [0.05, 0.1) is 25.5 Å². The van der Waals surface area contributed by atoms with E-state index in [1.165, 1.54) is 24.3 Å². The summed E-state index contributed by atoms with van der Waals surface area (Å²) >= 11 is 1.52. The van der Waals surface area contributed by atoms with E-state index in [0.29, 0.717) is 17.9 Å². The zero-order valence-corrected chi connectivity index (χ0v) is 26.5. The number of carboxylic acid groups (broad SMARTS) is 1. The average Bonchev–Trinajstić information content (AvgIpc) is 3.47. The maximum absolute atomic E-state index is 13.4. The van der Waals surface area contributed by atoms with Crippen molar-refractivity contribution in [3.63, 3.8) is 0 Å². The summed E-state index contributed by atoms with van der Waals surface area (Å²) in [6, 6.07) is -5.87. The number of H-pyrrole nitrogens is 1. The molecule has 0 aliphatic carbocycles. The van der Waals surface area contributed by atoms with E-state index in [4.69, 9.17) is 5.73 Å². The summed E-state index contributed by atoms with van der Waals surface area (Å²) in [7, 11) is 0. The van der Waals surface area contributed by atoms with Gasteiger partial charge in [0.15, 0.2) is 0 Å². The van der Waals surface area contributed by atoms with Crippen LogP contribution >= 0.6 is 11.8 Å². The van der Waals surface area contributed by atoms with Crippen LogP contribution in [0.5, 0.6) is 0 Å². The van der Waals surface area contributed by atoms with Crippen molar-refractivity contribution in [1.29, 1.82) is 0 Å². The number of aliphatic hydroxyl groups excluding tert-OH is 1. The first-order valence-corrected chi connectivity index (χ1v) is 15.6. The lowest BCUT2D eigenvalue weighted by atomic mass is 10.0. The van der Waals surface area contributed by atoms with Crippen molar-refractivity contribution in [1.82, 2.24) is 36.6 Å². The third-order valence-electron chi connectivity index (χ3n) is 6.41. The van der Waals surface area contributed by atoms with Crippen LogP contribution in [0.1, 0.15) is 46.2 Å². The van der Waals surface area contributed by atoms with E-state index in [2.05, 4.69) is 36.6 Å². The number of rotatable bonds is 20. The minimum atomic E-state index is -1.45. The van der Waals surface area contributed by atoms with Gasteiger partial charge in [0.2, 0.25) is 29.5 Å². The molecular formula is C27H46N8O8S. The summed E-state index contributed by atoms with van der Waals surface area (Å²) in [5.41, 5.74) is 6.27. The van der Waals surface area contributed by atoms with Crippen LogP contribution in [0.25, 0.3) is 0 Å². The zero-order chi connectivity index (χ0) is 33.4. The van der Waals surface area contributed by atoms with Gasteiger partial charge in [-0.2, -0.15) is 11.8 Å². The molecule has 16 nitrogen and oxygen atoms in total. The Hall–Kier alpha value is -3.70. The normalized spacial score (nSPS) is 14.6. The van der Waals surface area contributed by atoms with Crippen LogP contribution in [0.15, 0.2) is 12.5 Å². The number of nitrogens with two attached hydrogens (primary N) is 1. The Morgan fingerprint density at radius 1 is 0.932 bits per heavy atom. The van der Waals surface area contributed by atoms with Crippen molar-refractivity contribution in [2.24, 2.45) is 17.6 Å². The maximum Gasteiger partial charge on any atom is 0.326 e. The Kier molecular flexibility index (Phi) is 17.0. The summed E-state index contributed by atoms with van der Waals surface area (Å²) in [5.74, 6) is -4.77. The van der Waals surface area contributed by atoms with E-state index in [-0.39, 0.29) is 18.8 Å². The minimum Gasteiger partial charge on any atom is -0.480 e. The second kappa shape index (κ2) is 19.6. The molecule has 5 atom stereocenters. The summed E-state index contributed by atoms with van der Waals surface area (Å²) in [5, 5.41) is 31.5. The molecule has 44 heavy (non-hydrogen) atoms. The maximum atomic E-state index is 13.4. The van der Waals surface area contributed by atoms with Gasteiger partial charge in [-0.05, 0) is 36.7 Å². The lowest BCUT2D eigenvalue weighted by molar-refractivity contribution is -0.143. The first-order valence-electron chi connectivity index (χ1n) is 14.2. The van der Waals surface area contributed by atoms with Gasteiger partial charge >= 0.3 is 5.97 Å². The van der Waals surface area contributed by atoms with Crippen LogP contribution in [0.3, 0.4) is 0 Å². The van der Waals surface area contributed by atoms with Crippen LogP contribution in [-0.4, -0.2) is 111 Å². The Bertz CT molecular complexity index is 1100. The smallest absolute Gasteiger partial charge is 0.326 e. The molecular weight excluding hydrogens is 596 g/mol. The molecule has 1 heterocycles. The van der Waals surface area contributed by atoms with Crippen molar-refractivity contribution in [3.05, 3.63) is 18.2 Å². The Morgan fingerprint density at radius 3 is 2.07 bits per heavy atom. The molecule has 10 N–H and O–H groups in total. The van der Waals surface area contributed by atoms with Gasteiger partial charge in [-0.15, -0.1) is 0 Å². The van der Waals surface area contributed by atoms with Crippen molar-refractivity contribution in [3.8, 4) is 0 Å². The van der Waals surface area contributed by atoms with E-state index >= 15 is 0 Å². The third kappa shape index (κ3) is 13.7. The summed E-state index contributed by atoms with van der Waals surface area (Å²) in [6.07, 6.45) is 5.21. The molecule has 0 aliphatic heterocycles. The molecule has 1 aromatic rings. The number of hydrogen-bond donors (Lipinski definition) is 9. The molecule has 0 saturated heterocycles. The van der Waals surface area contributed by atoms with Crippen LogP contribution in [0.2, 0.25) is 0 Å². The highest BCUT2D eigenvalue weighted by molar-refractivity contribution is 7.98. The summed E-state index contributed by atoms with van der Waals surface area (Å²) in [4.78, 5) is 82.4. The highest BCUT2D eigenvalue weighted by Gasteiger charge is 2.32. The predicted octanol–water partition coefficient (Wildman–Crippen LogP) is -2.13. The van der Waals surface area contributed by atoms with Gasteiger partial charge in [-0.25, -0.2) is 9.78 Å². The number of carbonyl (C=O) groups excluding carboxylic acids is 5. The van der Waals surface area contributed by atoms with Gasteiger partial charge in [0, 0.05) is 18.3 Å². The molecule has 0 aliphatic rings. The van der Waals surface area contributed by atoms with Crippen LogP contribution < -0.4 is 32.3 Å². The van der Waals surface area contributed by atoms with Crippen molar-refractivity contribution in [2.45, 2.75) is 77.2 Å². The van der Waals surface area contributed by atoms with E-state index in [0.717, 1.165) is 0 Å². The van der Waals surface area contributed by atoms with E-state index < -0.39 is 84.8 Å². The molecule has 17 heteroatoms. The molecule has 0 aromatic carbocycles. The van der Waals surface area contributed by atoms with E-state index in [1.54, 1.807) is 27.7 Å². The van der Waals surface area contributed by atoms with Gasteiger partial charge < -0.3 is 47.5 Å². The van der Waals surface area contributed by atoms with Crippen molar-refractivity contribution in [2.75, 3.05) is 25.2 Å². The van der Waals surface area contributed by atoms with Crippen LogP contribution in [-0.2, 0) is 35.2 Å². The quantitative estimate of drug-likeness (QED) is 0.0742. The summed E-state index contributed by atoms with van der Waals surface area (Å²) in [6.45, 7) is 5.58. The van der Waals surface area contributed by atoms with E-state index in [1.807, 2.05) is 6.26 Å². The Labute approximate surface area is 260 Å². The third-order valence-corrected chi connectivity index (χ3v) is 7.05. The molecule has 0 bridgehead atoms. The SMILES string of the molecule is CSCC[C@H](N)C(=O)NCC(=O)N[C@@H](CO)C(=O)N[C@@H](CC(C)C)C(=O)N[C@@H](Cc1cnc[nH]1)C(=O)N[C@H](C(=O)O)C(C)C. The number of aliphatic carboxylic acids is 1. The number of hydrogen-bond acceptors (Lipinski definition) is 10. The van der Waals surface area contributed by atoms with Gasteiger partial charge in [0.25, 0.3) is 0 Å². The first kappa shape index (κ1) is 38.3. The molecule has 0 saturated carbocycles. The molecule has 0 radical (unpaired) electrons. The monoisotopic (exact) mass is 642 g/mol. The summed E-state index contributed by atoms with van der Waals surface area (Å²) < 4.78 is 0. The molecule has 248 valence electrons. The standard InChI is InChI=1S/C27H46N8O8S/c1-14(2)8-18(33-26(41)20(12-36)32-21(37)11-30-23(38)17(28)6-7-44-5)24(39)34-19(9-16-10-29-13-31-16)25(40)35-22(15(3)4)27(42)43/h10,13-15,17-20,22,36H,6-9,11-12,28H2,1-5H3,(H,29,31)(H,30,38)(H,32,37)(H,33,41)(H,34,39)(H,35,40)(H,42,43)/t17-,18-,19-,20-,22-/m0/s1. The van der Waals surface area contributed by atoms with E-state index in [9.17, 15) is 39.0 Å². The number of aromatic amines is 1. The topological polar surface area (TPSA) is 258 Å². The van der Waals surface area contributed by atoms with Crippen LogP contribution in [0.4, 0.5) is 0 Å². The lowest BCUT2D eigenvalue weighted by Gasteiger charge is -2.27. The first-order chi connectivity index (χ1) is 20.7. The fourth-order valence-corrected chi connectivity index (χ4v) is 4.44. The molecule has 0 spiro atoms. The number of aromatic nitrogens is 2. The Balaban J connectivity index is 2.98. The van der Waals surface area contributed by atoms with Gasteiger partial charge in [-0.1, -0.05) is 27.7 Å². The van der Waals surface area contributed by atoms with Gasteiger partial charge in [0.1, 0.15) is 24.2 Å². The second-order valence-corrected chi connectivity index (χ2v) is 12.0. The van der Waals surface area contributed by atoms with Gasteiger partial charge in [-0.3, -0.25) is 24.0 Å². The number of nitrogens with one attached hydrogen (secondary N) is 6. The molecule has 0 unspecified atom stereocenters. The average molecular weight is 643 g/mol. The van der Waals surface area contributed by atoms with Crippen molar-refractivity contribution >= 4 is 47.3 Å². The largest absolute Gasteiger partial charge is 0.480 e. The fraction of sp³-hybridized carbons (Fsp3) is 0.667. The molecule has 1 aromatic heterocycles. The van der Waals surface area contributed by atoms with Crippen molar-refractivity contribution < 1.29 is 39.0 Å². The number of amides is 5. The number of carbonyl (C=O) groups is 6. The number of aliphatic hydroxyl groups is 1. The zero-order valence-electron chi connectivity index (χ0n) is 25.7. The number of thioether (sulfide) groups is 1. The van der Waals surface area contributed by atoms with Crippen LogP contribution in [0, 0.1) is 11.8 Å². The highest BCUT2D eigenvalue weighted by Crippen LogP contribution is 2.09. The Morgan fingerprint density at radius 2 is 1.55 bits per heavy atom. The second-order valence-electron chi connectivity index (χ2n) is 11.0. The number of nitrogens with zero attached hydrogens (tertiary/aromatic N) is 1.